The highest BCUT2D eigenvalue weighted by molar-refractivity contribution is 5.96. The number of carbonyl (C=O) groups excluding carboxylic acids is 5. The lowest BCUT2D eigenvalue weighted by Crippen LogP contribution is -2.57. The Morgan fingerprint density at radius 1 is 0.953 bits per heavy atom. The molecule has 5 amide bonds. The zero-order valence-corrected chi connectivity index (χ0v) is 35.9. The minimum Gasteiger partial charge on any atom is -0.464 e. The molecule has 7 rings (SSSR count). The van der Waals surface area contributed by atoms with Gasteiger partial charge in [0, 0.05) is 48.6 Å². The number of hydrogen-bond donors (Lipinski definition) is 7. The number of fused-ring (bicyclic) bond motifs is 2. The van der Waals surface area contributed by atoms with E-state index in [0.29, 0.717) is 5.56 Å². The number of carbonyl (C=O) groups is 5. The van der Waals surface area contributed by atoms with E-state index < -0.39 is 90.1 Å². The maximum absolute atomic E-state index is 14.5. The van der Waals surface area contributed by atoms with E-state index in [1.165, 1.54) is 6.20 Å². The summed E-state index contributed by atoms with van der Waals surface area (Å²) < 4.78 is 12.7. The second-order valence-electron chi connectivity index (χ2n) is 17.4. The summed E-state index contributed by atoms with van der Waals surface area (Å²) in [7, 11) is 0. The number of amides is 5. The molecule has 4 heterocycles. The summed E-state index contributed by atoms with van der Waals surface area (Å²) in [6.45, 7) is 6.63. The highest BCUT2D eigenvalue weighted by Crippen LogP contribution is 2.31. The predicted octanol–water partition coefficient (Wildman–Crippen LogP) is 1.35. The molecule has 2 fully saturated rings. The molecule has 338 valence electrons. The van der Waals surface area contributed by atoms with Crippen molar-refractivity contribution in [2.45, 2.75) is 89.6 Å². The number of H-pyrrole nitrogens is 2. The van der Waals surface area contributed by atoms with E-state index in [2.05, 4.69) is 25.9 Å². The molecule has 5 aromatic rings. The van der Waals surface area contributed by atoms with E-state index in [1.54, 1.807) is 13.1 Å². The summed E-state index contributed by atoms with van der Waals surface area (Å²) in [6.07, 6.45) is -0.372. The molecule has 0 spiro atoms. The highest BCUT2D eigenvalue weighted by atomic mass is 16.5. The van der Waals surface area contributed by atoms with E-state index >= 15 is 0 Å². The van der Waals surface area contributed by atoms with Crippen molar-refractivity contribution in [1.29, 1.82) is 0 Å². The molecule has 7 atom stereocenters. The van der Waals surface area contributed by atoms with Gasteiger partial charge in [-0.2, -0.15) is 0 Å². The predicted molar refractivity (Wildman–Crippen MR) is 234 cm³/mol. The zero-order chi connectivity index (χ0) is 45.9. The Hall–Kier alpha value is -6.83. The van der Waals surface area contributed by atoms with Crippen molar-refractivity contribution in [3.63, 3.8) is 0 Å². The summed E-state index contributed by atoms with van der Waals surface area (Å²) in [4.78, 5) is 99.1. The van der Waals surface area contributed by atoms with Gasteiger partial charge in [0.15, 0.2) is 6.23 Å². The quantitative estimate of drug-likeness (QED) is 0.0784. The van der Waals surface area contributed by atoms with Crippen molar-refractivity contribution in [3.05, 3.63) is 117 Å². The first kappa shape index (κ1) is 45.2. The second kappa shape index (κ2) is 18.9. The first-order valence-corrected chi connectivity index (χ1v) is 21.0. The largest absolute Gasteiger partial charge is 0.464 e. The first-order valence-electron chi connectivity index (χ1n) is 21.0. The van der Waals surface area contributed by atoms with E-state index in [-0.39, 0.29) is 37.8 Å². The topological polar surface area (TPSA) is 263 Å². The molecule has 64 heavy (non-hydrogen) atoms. The van der Waals surface area contributed by atoms with Crippen LogP contribution in [0.4, 0.5) is 4.79 Å². The summed E-state index contributed by atoms with van der Waals surface area (Å²) >= 11 is 0. The van der Waals surface area contributed by atoms with Crippen LogP contribution < -0.4 is 32.9 Å². The van der Waals surface area contributed by atoms with Crippen molar-refractivity contribution in [2.75, 3.05) is 19.7 Å². The number of nitrogens with one attached hydrogen (secondary N) is 5. The summed E-state index contributed by atoms with van der Waals surface area (Å²) in [5, 5.41) is 24.0. The lowest BCUT2D eigenvalue weighted by molar-refractivity contribution is -0.159. The Labute approximate surface area is 367 Å². The first-order chi connectivity index (χ1) is 30.5. The van der Waals surface area contributed by atoms with Crippen molar-refractivity contribution < 1.29 is 38.6 Å². The third-order valence-corrected chi connectivity index (χ3v) is 11.3. The molecule has 19 heteroatoms. The van der Waals surface area contributed by atoms with Gasteiger partial charge in [-0.05, 0) is 40.3 Å². The number of esters is 1. The van der Waals surface area contributed by atoms with E-state index in [1.807, 2.05) is 87.5 Å². The van der Waals surface area contributed by atoms with Gasteiger partial charge in [0.25, 0.3) is 17.4 Å². The fraction of sp³-hybridized carbons (Fsp3) is 0.400. The molecule has 0 radical (unpaired) electrons. The van der Waals surface area contributed by atoms with Gasteiger partial charge < -0.3 is 41.2 Å². The Balaban J connectivity index is 1.12. The molecule has 3 aromatic carbocycles. The van der Waals surface area contributed by atoms with Crippen LogP contribution in [0.3, 0.4) is 0 Å². The Morgan fingerprint density at radius 3 is 2.41 bits per heavy atom. The van der Waals surface area contributed by atoms with Gasteiger partial charge in [0.2, 0.25) is 5.91 Å². The third kappa shape index (κ3) is 10.2. The molecule has 0 bridgehead atoms. The number of aliphatic hydroxyl groups is 1. The van der Waals surface area contributed by atoms with Crippen LogP contribution in [0.1, 0.15) is 51.5 Å². The van der Waals surface area contributed by atoms with Gasteiger partial charge in [-0.15, -0.1) is 0 Å². The number of nitrogens with two attached hydrogens (primary N) is 1. The van der Waals surface area contributed by atoms with Crippen molar-refractivity contribution in [3.8, 4) is 0 Å². The van der Waals surface area contributed by atoms with Gasteiger partial charge in [-0.1, -0.05) is 81.4 Å². The van der Waals surface area contributed by atoms with E-state index in [4.69, 9.17) is 15.2 Å². The molecule has 2 aliphatic rings. The lowest BCUT2D eigenvalue weighted by atomic mass is 9.98. The number of nitrogens with zero attached hydrogens (tertiary/aromatic N) is 3. The van der Waals surface area contributed by atoms with Crippen LogP contribution in [-0.2, 0) is 41.5 Å². The summed E-state index contributed by atoms with van der Waals surface area (Å²) in [5.74, 6) is -2.77. The second-order valence-corrected chi connectivity index (χ2v) is 17.4. The number of benzene rings is 3. The normalized spacial score (nSPS) is 20.9. The monoisotopic (exact) mass is 879 g/mol. The molecule has 0 unspecified atom stereocenters. The number of aliphatic hydroxyl groups excluding tert-OH is 1. The average Bonchev–Trinajstić information content (AvgIpc) is 3.91. The fourth-order valence-electron chi connectivity index (χ4n) is 8.09. The van der Waals surface area contributed by atoms with Crippen molar-refractivity contribution in [2.24, 2.45) is 11.1 Å². The fourth-order valence-corrected chi connectivity index (χ4v) is 8.09. The van der Waals surface area contributed by atoms with Crippen LogP contribution in [-0.4, -0.2) is 115 Å². The standard InChI is InChI=1S/C45H53N9O10/c1-25-38(40(59)53(54(25)37(57)21-46)23-30-20-35(55)41(64-30)52-16-15-36(56)50-44(52)62)51-39(58)33(18-26-13-14-27-9-5-6-10-28(27)17-26)48-43(61)49-34(42(60)63-24-45(2,3)4)19-29-22-47-32-12-8-7-11-31(29)32/h5-17,22,25,30,33-35,38,41,47,55H,18-21,23-24,46H2,1-4H3,(H,51,58)(H2,48,49,61)(H,50,56,62)/t25-,30+,33-,34-,35+,38-,41+/m0/s1. The number of hydrogen-bond acceptors (Lipinski definition) is 11. The maximum Gasteiger partial charge on any atom is 0.330 e. The van der Waals surface area contributed by atoms with Gasteiger partial charge in [-0.3, -0.25) is 28.7 Å². The van der Waals surface area contributed by atoms with Gasteiger partial charge >= 0.3 is 17.7 Å². The summed E-state index contributed by atoms with van der Waals surface area (Å²) in [6, 6.07) is 16.3. The number of aromatic nitrogens is 3. The molecule has 8 N–H and O–H groups in total. The Morgan fingerprint density at radius 2 is 1.67 bits per heavy atom. The number of ether oxygens (including phenoxy) is 2. The van der Waals surface area contributed by atoms with Crippen LogP contribution in [0.2, 0.25) is 0 Å². The molecule has 0 aliphatic carbocycles. The van der Waals surface area contributed by atoms with Crippen molar-refractivity contribution >= 4 is 51.4 Å². The molecule has 0 saturated carbocycles. The maximum atomic E-state index is 14.5. The van der Waals surface area contributed by atoms with Crippen LogP contribution in [0.5, 0.6) is 0 Å². The van der Waals surface area contributed by atoms with Crippen LogP contribution >= 0.6 is 0 Å². The molecule has 2 saturated heterocycles. The number of aromatic amines is 2. The number of para-hydroxylation sites is 1. The van der Waals surface area contributed by atoms with Crippen molar-refractivity contribution in [1.82, 2.24) is 40.5 Å². The number of rotatable bonds is 14. The zero-order valence-electron chi connectivity index (χ0n) is 35.9. The lowest BCUT2D eigenvalue weighted by Gasteiger charge is -2.31. The molecule has 19 nitrogen and oxygen atoms in total. The van der Waals surface area contributed by atoms with E-state index in [0.717, 1.165) is 47.9 Å². The Bertz CT molecular complexity index is 2670. The smallest absolute Gasteiger partial charge is 0.330 e. The minimum atomic E-state index is -1.32. The summed E-state index contributed by atoms with van der Waals surface area (Å²) in [5.41, 5.74) is 6.26. The van der Waals surface area contributed by atoms with Gasteiger partial charge in [0.1, 0.15) is 24.2 Å². The highest BCUT2D eigenvalue weighted by Gasteiger charge is 2.49. The minimum absolute atomic E-state index is 0.0323. The molecule has 2 aliphatic heterocycles. The van der Waals surface area contributed by atoms with Crippen LogP contribution in [0.25, 0.3) is 21.7 Å². The van der Waals surface area contributed by atoms with Crippen LogP contribution in [0, 0.1) is 5.41 Å². The number of hydrazine groups is 1. The van der Waals surface area contributed by atoms with Gasteiger partial charge in [0.05, 0.1) is 31.8 Å². The molecular weight excluding hydrogens is 827 g/mol. The Kier molecular flexibility index (Phi) is 13.3. The number of urea groups is 1. The van der Waals surface area contributed by atoms with E-state index in [9.17, 15) is 38.7 Å². The van der Waals surface area contributed by atoms with Crippen LogP contribution in [0.15, 0.2) is 94.8 Å². The molecule has 2 aromatic heterocycles. The van der Waals surface area contributed by atoms with Gasteiger partial charge in [-0.25, -0.2) is 24.4 Å². The SMILES string of the molecule is C[C@H]1[C@H](NC(=O)[C@H](Cc2ccc3ccccc3c2)NC(=O)N[C@@H](Cc2c[nH]c3ccccc23)C(=O)OCC(C)(C)C)C(=O)N(C[C@H]2C[C@@H](O)[C@H](n3ccc(=O)[nH]c3=O)O2)N1C(=O)CN. The third-order valence-electron chi connectivity index (χ3n) is 11.3. The molecular formula is C45H53N9O10. The average molecular weight is 880 g/mol.